The molecular formula is C26H22N2O2. The van der Waals surface area contributed by atoms with E-state index in [4.69, 9.17) is 9.47 Å². The van der Waals surface area contributed by atoms with E-state index in [9.17, 15) is 0 Å². The Morgan fingerprint density at radius 2 is 0.800 bits per heavy atom. The topological polar surface area (TPSA) is 43.2 Å². The van der Waals surface area contributed by atoms with Crippen LogP contribution < -0.4 is 9.47 Å². The minimum atomic E-state index is 0.542. The van der Waals surface area contributed by atoms with Crippen molar-refractivity contribution in [2.24, 2.45) is 10.2 Å². The maximum Gasteiger partial charge on any atom is 0.119 e. The summed E-state index contributed by atoms with van der Waals surface area (Å²) in [4.78, 5) is 0. The van der Waals surface area contributed by atoms with Gasteiger partial charge in [0.15, 0.2) is 0 Å². The summed E-state index contributed by atoms with van der Waals surface area (Å²) in [5.41, 5.74) is 3.81. The van der Waals surface area contributed by atoms with Crippen LogP contribution in [0, 0.1) is 0 Å². The molecule has 0 N–H and O–H groups in total. The van der Waals surface area contributed by atoms with E-state index in [1.807, 2.05) is 109 Å². The van der Waals surface area contributed by atoms with Crippen molar-refractivity contribution in [1.82, 2.24) is 0 Å². The first-order chi connectivity index (χ1) is 14.8. The molecule has 4 aromatic rings. The SMILES string of the molecule is c1ccc(COc2ccc(N=Nc3ccc(OCc4ccccc4)cc3)cc2)cc1. The first-order valence-corrected chi connectivity index (χ1v) is 9.80. The zero-order valence-electron chi connectivity index (χ0n) is 16.5. The lowest BCUT2D eigenvalue weighted by atomic mass is 10.2. The molecule has 0 fully saturated rings. The Kier molecular flexibility index (Phi) is 6.48. The fourth-order valence-electron chi connectivity index (χ4n) is 2.82. The van der Waals surface area contributed by atoms with Gasteiger partial charge in [-0.2, -0.15) is 10.2 Å². The molecule has 0 saturated heterocycles. The largest absolute Gasteiger partial charge is 0.489 e. The molecule has 4 rings (SSSR count). The highest BCUT2D eigenvalue weighted by Gasteiger charge is 1.98. The van der Waals surface area contributed by atoms with Gasteiger partial charge in [0.05, 0.1) is 11.4 Å². The van der Waals surface area contributed by atoms with Crippen LogP contribution in [-0.2, 0) is 13.2 Å². The van der Waals surface area contributed by atoms with Crippen molar-refractivity contribution in [2.75, 3.05) is 0 Å². The summed E-state index contributed by atoms with van der Waals surface area (Å²) < 4.78 is 11.6. The van der Waals surface area contributed by atoms with Crippen LogP contribution in [-0.4, -0.2) is 0 Å². The summed E-state index contributed by atoms with van der Waals surface area (Å²) in [6.07, 6.45) is 0. The highest BCUT2D eigenvalue weighted by molar-refractivity contribution is 5.44. The van der Waals surface area contributed by atoms with E-state index in [1.165, 1.54) is 0 Å². The Labute approximate surface area is 176 Å². The highest BCUT2D eigenvalue weighted by atomic mass is 16.5. The first kappa shape index (κ1) is 19.4. The molecule has 0 heterocycles. The van der Waals surface area contributed by atoms with Gasteiger partial charge in [0.2, 0.25) is 0 Å². The molecule has 30 heavy (non-hydrogen) atoms. The number of benzene rings is 4. The number of azo groups is 1. The molecule has 0 aliphatic rings. The predicted molar refractivity (Wildman–Crippen MR) is 119 cm³/mol. The molecule has 0 aliphatic heterocycles. The van der Waals surface area contributed by atoms with E-state index in [1.54, 1.807) is 0 Å². The molecule has 4 nitrogen and oxygen atoms in total. The number of rotatable bonds is 8. The first-order valence-electron chi connectivity index (χ1n) is 9.80. The van der Waals surface area contributed by atoms with Gasteiger partial charge in [-0.05, 0) is 59.7 Å². The minimum absolute atomic E-state index is 0.542. The van der Waals surface area contributed by atoms with E-state index in [-0.39, 0.29) is 0 Å². The van der Waals surface area contributed by atoms with Crippen molar-refractivity contribution in [1.29, 1.82) is 0 Å². The number of hydrogen-bond acceptors (Lipinski definition) is 4. The van der Waals surface area contributed by atoms with Crippen molar-refractivity contribution < 1.29 is 9.47 Å². The van der Waals surface area contributed by atoms with Gasteiger partial charge in [0.25, 0.3) is 0 Å². The average Bonchev–Trinajstić information content (AvgIpc) is 2.83. The lowest BCUT2D eigenvalue weighted by Gasteiger charge is -2.06. The molecule has 4 heteroatoms. The van der Waals surface area contributed by atoms with Crippen LogP contribution in [0.3, 0.4) is 0 Å². The molecule has 0 saturated carbocycles. The van der Waals surface area contributed by atoms with E-state index in [2.05, 4.69) is 10.2 Å². The molecule has 0 radical (unpaired) electrons. The Balaban J connectivity index is 1.28. The van der Waals surface area contributed by atoms with Crippen molar-refractivity contribution in [3.05, 3.63) is 120 Å². The van der Waals surface area contributed by atoms with Gasteiger partial charge in [-0.3, -0.25) is 0 Å². The maximum atomic E-state index is 5.79. The van der Waals surface area contributed by atoms with Gasteiger partial charge in [-0.25, -0.2) is 0 Å². The van der Waals surface area contributed by atoms with Crippen molar-refractivity contribution in [2.45, 2.75) is 13.2 Å². The highest BCUT2D eigenvalue weighted by Crippen LogP contribution is 2.24. The van der Waals surface area contributed by atoms with Crippen LogP contribution in [0.25, 0.3) is 0 Å². The van der Waals surface area contributed by atoms with Gasteiger partial charge in [-0.1, -0.05) is 60.7 Å². The molecule has 0 unspecified atom stereocenters. The molecule has 4 aromatic carbocycles. The van der Waals surface area contributed by atoms with Crippen LogP contribution in [0.1, 0.15) is 11.1 Å². The smallest absolute Gasteiger partial charge is 0.119 e. The molecule has 0 bridgehead atoms. The molecular weight excluding hydrogens is 372 g/mol. The third-order valence-electron chi connectivity index (χ3n) is 4.45. The molecule has 0 amide bonds. The zero-order valence-corrected chi connectivity index (χ0v) is 16.5. The average molecular weight is 394 g/mol. The lowest BCUT2D eigenvalue weighted by Crippen LogP contribution is -1.94. The van der Waals surface area contributed by atoms with Crippen molar-refractivity contribution in [3.63, 3.8) is 0 Å². The van der Waals surface area contributed by atoms with E-state index in [0.29, 0.717) is 13.2 Å². The van der Waals surface area contributed by atoms with Crippen LogP contribution in [0.4, 0.5) is 11.4 Å². The monoisotopic (exact) mass is 394 g/mol. The summed E-state index contributed by atoms with van der Waals surface area (Å²) >= 11 is 0. The van der Waals surface area contributed by atoms with Crippen molar-refractivity contribution in [3.8, 4) is 11.5 Å². The molecule has 0 atom stereocenters. The van der Waals surface area contributed by atoms with Gasteiger partial charge >= 0.3 is 0 Å². The second kappa shape index (κ2) is 10.0. The zero-order chi connectivity index (χ0) is 20.4. The standard InChI is InChI=1S/C26H22N2O2/c1-3-7-21(8-4-1)19-29-25-15-11-23(12-16-25)27-28-24-13-17-26(18-14-24)30-20-22-9-5-2-6-10-22/h1-18H,19-20H2. The van der Waals surface area contributed by atoms with Crippen LogP contribution >= 0.6 is 0 Å². The molecule has 0 aliphatic carbocycles. The summed E-state index contributed by atoms with van der Waals surface area (Å²) in [6.45, 7) is 1.08. The van der Waals surface area contributed by atoms with Gasteiger partial charge < -0.3 is 9.47 Å². The van der Waals surface area contributed by atoms with Crippen LogP contribution in [0.5, 0.6) is 11.5 Å². The minimum Gasteiger partial charge on any atom is -0.489 e. The summed E-state index contributed by atoms with van der Waals surface area (Å²) in [5.74, 6) is 1.61. The Bertz CT molecular complexity index is 973. The molecule has 0 spiro atoms. The quantitative estimate of drug-likeness (QED) is 0.295. The van der Waals surface area contributed by atoms with E-state index >= 15 is 0 Å². The van der Waals surface area contributed by atoms with Gasteiger partial charge in [0, 0.05) is 0 Å². The fourth-order valence-corrected chi connectivity index (χ4v) is 2.82. The third-order valence-corrected chi connectivity index (χ3v) is 4.45. The number of ether oxygens (including phenoxy) is 2. The van der Waals surface area contributed by atoms with Crippen molar-refractivity contribution >= 4 is 11.4 Å². The van der Waals surface area contributed by atoms with Crippen LogP contribution in [0.2, 0.25) is 0 Å². The van der Waals surface area contributed by atoms with E-state index in [0.717, 1.165) is 34.0 Å². The van der Waals surface area contributed by atoms with Gasteiger partial charge in [0.1, 0.15) is 24.7 Å². The number of nitrogens with zero attached hydrogens (tertiary/aromatic N) is 2. The predicted octanol–water partition coefficient (Wildman–Crippen LogP) is 7.26. The second-order valence-electron chi connectivity index (χ2n) is 6.74. The Morgan fingerprint density at radius 3 is 1.17 bits per heavy atom. The normalized spacial score (nSPS) is 10.8. The molecule has 148 valence electrons. The second-order valence-corrected chi connectivity index (χ2v) is 6.74. The third kappa shape index (κ3) is 5.79. The number of hydrogen-bond donors (Lipinski definition) is 0. The maximum absolute atomic E-state index is 5.79. The summed E-state index contributed by atoms with van der Waals surface area (Å²) in [5, 5.41) is 8.58. The van der Waals surface area contributed by atoms with Crippen LogP contribution in [0.15, 0.2) is 119 Å². The lowest BCUT2D eigenvalue weighted by molar-refractivity contribution is 0.306. The summed E-state index contributed by atoms with van der Waals surface area (Å²) in [6, 6.07) is 35.3. The van der Waals surface area contributed by atoms with E-state index < -0.39 is 0 Å². The molecule has 0 aromatic heterocycles. The Morgan fingerprint density at radius 1 is 0.433 bits per heavy atom. The fraction of sp³-hybridized carbons (Fsp3) is 0.0769. The summed E-state index contributed by atoms with van der Waals surface area (Å²) in [7, 11) is 0. The van der Waals surface area contributed by atoms with Gasteiger partial charge in [-0.15, -0.1) is 0 Å². The Hall–Kier alpha value is -3.92.